The summed E-state index contributed by atoms with van der Waals surface area (Å²) < 4.78 is 13.7. The number of carbonyl (C=O) groups is 2. The average Bonchev–Trinajstić information content (AvgIpc) is 3.23. The number of nitrogens with one attached hydrogen (secondary N) is 2. The molecule has 9 nitrogen and oxygen atoms in total. The van der Waals surface area contributed by atoms with Gasteiger partial charge in [-0.05, 0) is 50.1 Å². The predicted octanol–water partition coefficient (Wildman–Crippen LogP) is 3.11. The minimum atomic E-state index is -0.910. The Morgan fingerprint density at radius 3 is 2.53 bits per heavy atom. The molecule has 5 rings (SSSR count). The molecule has 188 valence electrons. The van der Waals surface area contributed by atoms with Gasteiger partial charge in [-0.25, -0.2) is 14.4 Å². The Labute approximate surface area is 209 Å². The molecule has 0 bridgehead atoms. The normalized spacial score (nSPS) is 21.0. The third-order valence-corrected chi connectivity index (χ3v) is 6.96. The fraction of sp³-hybridized carbons (Fsp3) is 0.423. The monoisotopic (exact) mass is 491 g/mol. The first-order chi connectivity index (χ1) is 17.5. The molecule has 2 fully saturated rings. The second-order valence-corrected chi connectivity index (χ2v) is 9.51. The fourth-order valence-corrected chi connectivity index (χ4v) is 5.06. The molecule has 0 aliphatic carbocycles. The van der Waals surface area contributed by atoms with Crippen LogP contribution in [0.1, 0.15) is 36.5 Å². The van der Waals surface area contributed by atoms with Crippen LogP contribution in [0.4, 0.5) is 16.0 Å². The van der Waals surface area contributed by atoms with Gasteiger partial charge in [-0.1, -0.05) is 0 Å². The lowest BCUT2D eigenvalue weighted by atomic mass is 10.0. The van der Waals surface area contributed by atoms with Gasteiger partial charge in [0.15, 0.2) is 0 Å². The molecule has 0 unspecified atom stereocenters. The van der Waals surface area contributed by atoms with Crippen LogP contribution in [0.15, 0.2) is 48.9 Å². The number of alkyl halides is 1. The summed E-state index contributed by atoms with van der Waals surface area (Å²) in [5.74, 6) is -0.0653. The van der Waals surface area contributed by atoms with Crippen LogP contribution in [0.2, 0.25) is 0 Å². The molecule has 2 amide bonds. The maximum atomic E-state index is 13.7. The van der Waals surface area contributed by atoms with E-state index in [1.807, 2.05) is 25.1 Å². The Kier molecular flexibility index (Phi) is 7.04. The molecule has 2 N–H and O–H groups in total. The number of hydrogen-bond donors (Lipinski definition) is 2. The maximum absolute atomic E-state index is 13.7. The van der Waals surface area contributed by atoms with Gasteiger partial charge in [0.2, 0.25) is 11.9 Å². The third kappa shape index (κ3) is 5.28. The summed E-state index contributed by atoms with van der Waals surface area (Å²) in [6.07, 6.45) is 6.09. The first-order valence-electron chi connectivity index (χ1n) is 12.4. The zero-order valence-electron chi connectivity index (χ0n) is 20.2. The van der Waals surface area contributed by atoms with E-state index in [0.29, 0.717) is 24.0 Å². The van der Waals surface area contributed by atoms with E-state index in [1.54, 1.807) is 35.6 Å². The molecule has 3 aromatic rings. The number of nitrogens with zero attached hydrogens (tertiary/aromatic N) is 5. The quantitative estimate of drug-likeness (QED) is 0.546. The Morgan fingerprint density at radius 1 is 1.06 bits per heavy atom. The number of fused-ring (bicyclic) bond motifs is 1. The number of benzene rings is 1. The minimum Gasteiger partial charge on any atom is -0.382 e. The van der Waals surface area contributed by atoms with E-state index < -0.39 is 6.17 Å². The number of likely N-dealkylation sites (tertiary alicyclic amines) is 2. The SMILES string of the molecule is C[C@@H]1C[C@H](F)CN1C(=O)CN1CCC(Nc2ccc(C(=O)Nc3ncccn3)c3ncccc23)CC1. The zero-order chi connectivity index (χ0) is 25.1. The highest BCUT2D eigenvalue weighted by atomic mass is 19.1. The van der Waals surface area contributed by atoms with Crippen LogP contribution in [-0.4, -0.2) is 81.0 Å². The van der Waals surface area contributed by atoms with Gasteiger partial charge in [0.1, 0.15) is 6.17 Å². The van der Waals surface area contributed by atoms with Gasteiger partial charge in [0.25, 0.3) is 5.91 Å². The van der Waals surface area contributed by atoms with Crippen LogP contribution < -0.4 is 10.6 Å². The van der Waals surface area contributed by atoms with Crippen LogP contribution in [-0.2, 0) is 4.79 Å². The van der Waals surface area contributed by atoms with E-state index in [9.17, 15) is 14.0 Å². The summed E-state index contributed by atoms with van der Waals surface area (Å²) in [5, 5.41) is 7.19. The molecule has 2 aliphatic heterocycles. The number of aromatic nitrogens is 3. The summed E-state index contributed by atoms with van der Waals surface area (Å²) in [5.41, 5.74) is 1.97. The van der Waals surface area contributed by atoms with Crippen LogP contribution in [0.3, 0.4) is 0 Å². The first kappa shape index (κ1) is 24.1. The first-order valence-corrected chi connectivity index (χ1v) is 12.4. The Bertz CT molecular complexity index is 1230. The number of anilines is 2. The van der Waals surface area contributed by atoms with Crippen molar-refractivity contribution in [1.82, 2.24) is 24.8 Å². The van der Waals surface area contributed by atoms with Crippen molar-refractivity contribution in [1.29, 1.82) is 0 Å². The smallest absolute Gasteiger partial charge is 0.260 e. The Balaban J connectivity index is 1.22. The average molecular weight is 492 g/mol. The predicted molar refractivity (Wildman–Crippen MR) is 136 cm³/mol. The van der Waals surface area contributed by atoms with Crippen molar-refractivity contribution in [3.63, 3.8) is 0 Å². The van der Waals surface area contributed by atoms with Gasteiger partial charge in [-0.2, -0.15) is 0 Å². The Hall–Kier alpha value is -3.66. The molecule has 36 heavy (non-hydrogen) atoms. The van der Waals surface area contributed by atoms with Gasteiger partial charge >= 0.3 is 0 Å². The van der Waals surface area contributed by atoms with Gasteiger partial charge in [-0.15, -0.1) is 0 Å². The molecule has 10 heteroatoms. The van der Waals surface area contributed by atoms with Crippen molar-refractivity contribution in [3.05, 3.63) is 54.5 Å². The minimum absolute atomic E-state index is 0.0147. The molecule has 4 heterocycles. The van der Waals surface area contributed by atoms with Crippen molar-refractivity contribution in [2.24, 2.45) is 0 Å². The van der Waals surface area contributed by atoms with E-state index in [1.165, 1.54) is 0 Å². The summed E-state index contributed by atoms with van der Waals surface area (Å²) in [6.45, 7) is 4.05. The van der Waals surface area contributed by atoms with Crippen molar-refractivity contribution in [2.75, 3.05) is 36.8 Å². The van der Waals surface area contributed by atoms with Crippen molar-refractivity contribution >= 4 is 34.4 Å². The Morgan fingerprint density at radius 2 is 1.81 bits per heavy atom. The van der Waals surface area contributed by atoms with Crippen LogP contribution >= 0.6 is 0 Å². The number of amides is 2. The van der Waals surface area contributed by atoms with E-state index >= 15 is 0 Å². The third-order valence-electron chi connectivity index (χ3n) is 6.96. The molecule has 0 spiro atoms. The highest BCUT2D eigenvalue weighted by molar-refractivity contribution is 6.13. The second-order valence-electron chi connectivity index (χ2n) is 9.51. The summed E-state index contributed by atoms with van der Waals surface area (Å²) in [4.78, 5) is 41.9. The maximum Gasteiger partial charge on any atom is 0.260 e. The zero-order valence-corrected chi connectivity index (χ0v) is 20.2. The summed E-state index contributed by atoms with van der Waals surface area (Å²) >= 11 is 0. The van der Waals surface area contributed by atoms with Crippen molar-refractivity contribution in [3.8, 4) is 0 Å². The lowest BCUT2D eigenvalue weighted by Gasteiger charge is -2.34. The molecule has 0 radical (unpaired) electrons. The van der Waals surface area contributed by atoms with E-state index in [4.69, 9.17) is 0 Å². The molecule has 2 aromatic heterocycles. The number of carbonyl (C=O) groups excluding carboxylic acids is 2. The molecule has 2 aliphatic rings. The van der Waals surface area contributed by atoms with E-state index in [-0.39, 0.29) is 36.4 Å². The highest BCUT2D eigenvalue weighted by Gasteiger charge is 2.33. The van der Waals surface area contributed by atoms with Crippen LogP contribution in [0.25, 0.3) is 10.9 Å². The molecular formula is C26H30FN7O2. The van der Waals surface area contributed by atoms with Crippen LogP contribution in [0, 0.1) is 0 Å². The standard InChI is InChI=1S/C26H30FN7O2/c1-17-14-18(27)15-34(17)23(35)16-33-12-7-19(8-13-33)31-22-6-5-21(24-20(22)4-2-9-28-24)25(36)32-26-29-10-3-11-30-26/h2-6,9-11,17-19,31H,7-8,12-16H2,1H3,(H,29,30,32,36)/t17-,18+/m1/s1. The van der Waals surface area contributed by atoms with Gasteiger partial charge in [-0.3, -0.25) is 24.8 Å². The number of rotatable bonds is 6. The fourth-order valence-electron chi connectivity index (χ4n) is 5.06. The number of halogens is 1. The molecule has 2 saturated heterocycles. The van der Waals surface area contributed by atoms with Gasteiger partial charge < -0.3 is 10.2 Å². The molecular weight excluding hydrogens is 461 g/mol. The van der Waals surface area contributed by atoms with E-state index in [0.717, 1.165) is 37.0 Å². The van der Waals surface area contributed by atoms with Gasteiger partial charge in [0, 0.05) is 61.3 Å². The second kappa shape index (κ2) is 10.5. The largest absolute Gasteiger partial charge is 0.382 e. The number of hydrogen-bond acceptors (Lipinski definition) is 7. The van der Waals surface area contributed by atoms with Gasteiger partial charge in [0.05, 0.1) is 24.2 Å². The topological polar surface area (TPSA) is 103 Å². The molecule has 0 saturated carbocycles. The summed E-state index contributed by atoms with van der Waals surface area (Å²) in [6, 6.07) is 9.36. The summed E-state index contributed by atoms with van der Waals surface area (Å²) in [7, 11) is 0. The van der Waals surface area contributed by atoms with E-state index in [2.05, 4.69) is 30.5 Å². The number of pyridine rings is 1. The van der Waals surface area contributed by atoms with Crippen molar-refractivity contribution in [2.45, 2.75) is 44.4 Å². The number of piperidine rings is 1. The highest BCUT2D eigenvalue weighted by Crippen LogP contribution is 2.28. The lowest BCUT2D eigenvalue weighted by Crippen LogP contribution is -2.46. The molecule has 2 atom stereocenters. The van der Waals surface area contributed by atoms with Crippen molar-refractivity contribution < 1.29 is 14.0 Å². The lowest BCUT2D eigenvalue weighted by molar-refractivity contribution is -0.133. The molecule has 1 aromatic carbocycles. The van der Waals surface area contributed by atoms with Crippen LogP contribution in [0.5, 0.6) is 0 Å².